The van der Waals surface area contributed by atoms with Crippen LogP contribution < -0.4 is 10.6 Å². The Morgan fingerprint density at radius 2 is 2.00 bits per heavy atom. The highest BCUT2D eigenvalue weighted by Crippen LogP contribution is 2.25. The number of nitrogens with zero attached hydrogens (tertiary/aromatic N) is 2. The quantitative estimate of drug-likeness (QED) is 0.635. The summed E-state index contributed by atoms with van der Waals surface area (Å²) < 4.78 is 7.08. The van der Waals surface area contributed by atoms with Crippen LogP contribution in [0.3, 0.4) is 0 Å². The van der Waals surface area contributed by atoms with E-state index in [2.05, 4.69) is 15.7 Å². The average Bonchev–Trinajstić information content (AvgIpc) is 3.36. The summed E-state index contributed by atoms with van der Waals surface area (Å²) in [6.45, 7) is 4.16. The normalized spacial score (nSPS) is 11.8. The molecule has 146 valence electrons. The second-order valence-electron chi connectivity index (χ2n) is 6.27. The van der Waals surface area contributed by atoms with Gasteiger partial charge in [0.1, 0.15) is 11.7 Å². The van der Waals surface area contributed by atoms with Gasteiger partial charge in [-0.3, -0.25) is 9.59 Å². The molecule has 1 atom stereocenters. The van der Waals surface area contributed by atoms with Gasteiger partial charge in [0.2, 0.25) is 5.91 Å². The molecular weight excluding hydrogens is 380 g/mol. The van der Waals surface area contributed by atoms with E-state index >= 15 is 0 Å². The molecule has 0 aliphatic rings. The monoisotopic (exact) mass is 400 g/mol. The number of rotatable bonds is 7. The Morgan fingerprint density at radius 1 is 1.25 bits per heavy atom. The van der Waals surface area contributed by atoms with Crippen molar-refractivity contribution < 1.29 is 14.0 Å². The minimum Gasteiger partial charge on any atom is -0.463 e. The third-order valence-corrected chi connectivity index (χ3v) is 4.33. The van der Waals surface area contributed by atoms with Crippen LogP contribution in [0, 0.1) is 0 Å². The van der Waals surface area contributed by atoms with Crippen LogP contribution in [0.15, 0.2) is 53.1 Å². The fourth-order valence-corrected chi connectivity index (χ4v) is 2.73. The lowest BCUT2D eigenvalue weighted by molar-refractivity contribution is -0.122. The van der Waals surface area contributed by atoms with Gasteiger partial charge in [0.05, 0.1) is 12.0 Å². The highest BCUT2D eigenvalue weighted by molar-refractivity contribution is 6.30. The zero-order valence-electron chi connectivity index (χ0n) is 15.6. The van der Waals surface area contributed by atoms with Crippen LogP contribution in [0.2, 0.25) is 5.02 Å². The van der Waals surface area contributed by atoms with Gasteiger partial charge in [-0.2, -0.15) is 5.10 Å². The van der Waals surface area contributed by atoms with E-state index in [0.29, 0.717) is 23.0 Å². The van der Waals surface area contributed by atoms with Gasteiger partial charge in [-0.05, 0) is 49.7 Å². The summed E-state index contributed by atoms with van der Waals surface area (Å²) in [5, 5.41) is 10.4. The molecule has 28 heavy (non-hydrogen) atoms. The molecule has 0 saturated carbocycles. The molecule has 0 fully saturated rings. The Morgan fingerprint density at radius 3 is 2.64 bits per heavy atom. The molecule has 0 spiro atoms. The van der Waals surface area contributed by atoms with Crippen molar-refractivity contribution >= 4 is 23.4 Å². The average molecular weight is 401 g/mol. The van der Waals surface area contributed by atoms with E-state index in [0.717, 1.165) is 12.1 Å². The van der Waals surface area contributed by atoms with Gasteiger partial charge in [0.25, 0.3) is 5.91 Å². The van der Waals surface area contributed by atoms with Crippen molar-refractivity contribution in [2.24, 2.45) is 0 Å². The van der Waals surface area contributed by atoms with E-state index in [-0.39, 0.29) is 11.6 Å². The molecule has 2 aromatic heterocycles. The third-order valence-electron chi connectivity index (χ3n) is 4.08. The Kier molecular flexibility index (Phi) is 6.16. The molecule has 0 aliphatic carbocycles. The minimum atomic E-state index is -0.674. The van der Waals surface area contributed by atoms with Gasteiger partial charge in [-0.25, -0.2) is 4.68 Å². The van der Waals surface area contributed by atoms with E-state index < -0.39 is 11.9 Å². The van der Waals surface area contributed by atoms with E-state index in [1.54, 1.807) is 60.3 Å². The minimum absolute atomic E-state index is 0.177. The van der Waals surface area contributed by atoms with Crippen molar-refractivity contribution in [2.75, 3.05) is 6.54 Å². The zero-order chi connectivity index (χ0) is 20.1. The van der Waals surface area contributed by atoms with Crippen LogP contribution >= 0.6 is 11.6 Å². The molecule has 0 bridgehead atoms. The number of halogens is 1. The van der Waals surface area contributed by atoms with Crippen molar-refractivity contribution in [1.82, 2.24) is 20.4 Å². The lowest BCUT2D eigenvalue weighted by atomic mass is 10.2. The van der Waals surface area contributed by atoms with Crippen molar-refractivity contribution in [3.63, 3.8) is 0 Å². The van der Waals surface area contributed by atoms with Gasteiger partial charge < -0.3 is 15.1 Å². The molecule has 8 heteroatoms. The molecule has 1 unspecified atom stereocenters. The maximum atomic E-state index is 12.6. The number of nitrogens with one attached hydrogen (secondary N) is 2. The second kappa shape index (κ2) is 8.75. The van der Waals surface area contributed by atoms with Gasteiger partial charge >= 0.3 is 0 Å². The van der Waals surface area contributed by atoms with Gasteiger partial charge in [-0.15, -0.1) is 0 Å². The Balaban J connectivity index is 1.88. The summed E-state index contributed by atoms with van der Waals surface area (Å²) >= 11 is 5.97. The standard InChI is InChI=1S/C20H21ClN4O3/c1-3-10-22-19(26)13(2)23-20(27)16-12-17(18-5-4-11-28-18)25(24-16)15-8-6-14(21)7-9-15/h4-9,11-13H,3,10H2,1-2H3,(H,22,26)(H,23,27). The van der Waals surface area contributed by atoms with Gasteiger partial charge in [-0.1, -0.05) is 18.5 Å². The second-order valence-corrected chi connectivity index (χ2v) is 6.70. The van der Waals surface area contributed by atoms with E-state index in [1.165, 1.54) is 0 Å². The number of amides is 2. The lowest BCUT2D eigenvalue weighted by Gasteiger charge is -2.12. The van der Waals surface area contributed by atoms with E-state index in [4.69, 9.17) is 16.0 Å². The Labute approximate surface area is 167 Å². The predicted octanol–water partition coefficient (Wildman–Crippen LogP) is 3.43. The van der Waals surface area contributed by atoms with Gasteiger partial charge in [0, 0.05) is 17.6 Å². The third kappa shape index (κ3) is 4.43. The van der Waals surface area contributed by atoms with Crippen LogP contribution in [-0.2, 0) is 4.79 Å². The molecule has 2 heterocycles. The number of furan rings is 1. The summed E-state index contributed by atoms with van der Waals surface area (Å²) in [5.41, 5.74) is 1.51. The van der Waals surface area contributed by atoms with Crippen molar-refractivity contribution in [3.05, 3.63) is 59.4 Å². The lowest BCUT2D eigenvalue weighted by Crippen LogP contribution is -2.45. The largest absolute Gasteiger partial charge is 0.463 e. The number of hydrogen-bond acceptors (Lipinski definition) is 4. The maximum absolute atomic E-state index is 12.6. The van der Waals surface area contributed by atoms with Crippen molar-refractivity contribution in [1.29, 1.82) is 0 Å². The molecule has 7 nitrogen and oxygen atoms in total. The summed E-state index contributed by atoms with van der Waals surface area (Å²) in [6.07, 6.45) is 2.37. The fourth-order valence-electron chi connectivity index (χ4n) is 2.61. The highest BCUT2D eigenvalue weighted by Gasteiger charge is 2.21. The summed E-state index contributed by atoms with van der Waals surface area (Å²) in [5.74, 6) is -0.117. The van der Waals surface area contributed by atoms with E-state index in [1.807, 2.05) is 6.92 Å². The number of benzene rings is 1. The molecule has 0 aliphatic heterocycles. The summed E-state index contributed by atoms with van der Waals surface area (Å²) in [7, 11) is 0. The van der Waals surface area contributed by atoms with Gasteiger partial charge in [0.15, 0.2) is 11.5 Å². The zero-order valence-corrected chi connectivity index (χ0v) is 16.4. The van der Waals surface area contributed by atoms with Crippen LogP contribution in [0.25, 0.3) is 17.1 Å². The van der Waals surface area contributed by atoms with Crippen LogP contribution in [0.1, 0.15) is 30.8 Å². The summed E-state index contributed by atoms with van der Waals surface area (Å²) in [4.78, 5) is 24.6. The van der Waals surface area contributed by atoms with Crippen LogP contribution in [-0.4, -0.2) is 34.2 Å². The Hall–Kier alpha value is -3.06. The Bertz CT molecular complexity index is 949. The number of carbonyl (C=O) groups is 2. The fraction of sp³-hybridized carbons (Fsp3) is 0.250. The molecule has 3 rings (SSSR count). The van der Waals surface area contributed by atoms with E-state index in [9.17, 15) is 9.59 Å². The molecule has 0 radical (unpaired) electrons. The number of aromatic nitrogens is 2. The smallest absolute Gasteiger partial charge is 0.272 e. The number of hydrogen-bond donors (Lipinski definition) is 2. The van der Waals surface area contributed by atoms with Crippen molar-refractivity contribution in [3.8, 4) is 17.1 Å². The maximum Gasteiger partial charge on any atom is 0.272 e. The summed E-state index contributed by atoms with van der Waals surface area (Å²) in [6, 6.07) is 11.6. The first kappa shape index (κ1) is 19.7. The molecular formula is C20H21ClN4O3. The predicted molar refractivity (Wildman–Crippen MR) is 107 cm³/mol. The number of carbonyl (C=O) groups excluding carboxylic acids is 2. The topological polar surface area (TPSA) is 89.2 Å². The first-order valence-electron chi connectivity index (χ1n) is 8.98. The van der Waals surface area contributed by atoms with Crippen LogP contribution in [0.4, 0.5) is 0 Å². The molecule has 2 amide bonds. The van der Waals surface area contributed by atoms with Crippen molar-refractivity contribution in [2.45, 2.75) is 26.3 Å². The first-order chi connectivity index (χ1) is 13.5. The molecule has 1 aromatic carbocycles. The van der Waals surface area contributed by atoms with Crippen LogP contribution in [0.5, 0.6) is 0 Å². The SMILES string of the molecule is CCCNC(=O)C(C)NC(=O)c1cc(-c2ccco2)n(-c2ccc(Cl)cc2)n1. The highest BCUT2D eigenvalue weighted by atomic mass is 35.5. The first-order valence-corrected chi connectivity index (χ1v) is 9.36. The molecule has 0 saturated heterocycles. The molecule has 2 N–H and O–H groups in total. The molecule has 3 aromatic rings.